The van der Waals surface area contributed by atoms with Gasteiger partial charge in [-0.2, -0.15) is 0 Å². The van der Waals surface area contributed by atoms with Crippen molar-refractivity contribution in [1.82, 2.24) is 4.57 Å². The van der Waals surface area contributed by atoms with Crippen LogP contribution >= 0.6 is 0 Å². The van der Waals surface area contributed by atoms with Crippen molar-refractivity contribution in [3.8, 4) is 5.75 Å². The first-order chi connectivity index (χ1) is 16.6. The predicted molar refractivity (Wildman–Crippen MR) is 135 cm³/mol. The highest BCUT2D eigenvalue weighted by Crippen LogP contribution is 2.36. The molecule has 166 valence electrons. The molecule has 4 aromatic carbocycles. The van der Waals surface area contributed by atoms with E-state index in [1.807, 2.05) is 71.3 Å². The first-order valence-electron chi connectivity index (χ1n) is 10.9. The van der Waals surface area contributed by atoms with E-state index in [1.165, 1.54) is 0 Å². The van der Waals surface area contributed by atoms with Crippen molar-refractivity contribution in [3.05, 3.63) is 95.2 Å². The number of hydrogen-bond donors (Lipinski definition) is 1. The normalized spacial score (nSPS) is 11.4. The number of furan rings is 1. The van der Waals surface area contributed by atoms with Crippen LogP contribution in [0.2, 0.25) is 0 Å². The summed E-state index contributed by atoms with van der Waals surface area (Å²) in [7, 11) is 1.57. The highest BCUT2D eigenvalue weighted by molar-refractivity contribution is 6.08. The molecule has 2 heterocycles. The Morgan fingerprint density at radius 1 is 0.824 bits per heavy atom. The van der Waals surface area contributed by atoms with E-state index in [9.17, 15) is 9.59 Å². The van der Waals surface area contributed by atoms with Crippen molar-refractivity contribution in [3.63, 3.8) is 0 Å². The maximum Gasteiger partial charge on any atom is 0.244 e. The minimum absolute atomic E-state index is 0.0304. The summed E-state index contributed by atoms with van der Waals surface area (Å²) in [6.07, 6.45) is 0. The van der Waals surface area contributed by atoms with E-state index in [4.69, 9.17) is 9.15 Å². The number of aromatic nitrogens is 1. The minimum Gasteiger partial charge on any atom is -0.495 e. The fourth-order valence-electron chi connectivity index (χ4n) is 4.60. The van der Waals surface area contributed by atoms with Gasteiger partial charge >= 0.3 is 0 Å². The van der Waals surface area contributed by atoms with Crippen molar-refractivity contribution >= 4 is 55.3 Å². The van der Waals surface area contributed by atoms with E-state index in [1.54, 1.807) is 25.3 Å². The Labute approximate surface area is 194 Å². The van der Waals surface area contributed by atoms with E-state index in [0.29, 0.717) is 38.8 Å². The van der Waals surface area contributed by atoms with Crippen molar-refractivity contribution in [1.29, 1.82) is 0 Å². The van der Waals surface area contributed by atoms with E-state index in [-0.39, 0.29) is 17.9 Å². The molecule has 0 bridgehead atoms. The smallest absolute Gasteiger partial charge is 0.244 e. The van der Waals surface area contributed by atoms with Crippen molar-refractivity contribution < 1.29 is 13.9 Å². The molecule has 0 unspecified atom stereocenters. The predicted octanol–water partition coefficient (Wildman–Crippen LogP) is 5.70. The summed E-state index contributed by atoms with van der Waals surface area (Å²) in [5.74, 6) is 0.301. The van der Waals surface area contributed by atoms with Crippen LogP contribution in [-0.2, 0) is 11.3 Å². The highest BCUT2D eigenvalue weighted by Gasteiger charge is 2.16. The van der Waals surface area contributed by atoms with Gasteiger partial charge in [0, 0.05) is 27.6 Å². The number of nitrogens with zero attached hydrogens (tertiary/aromatic N) is 1. The molecule has 0 aliphatic carbocycles. The van der Waals surface area contributed by atoms with E-state index in [0.717, 1.165) is 16.4 Å². The molecule has 0 saturated carbocycles. The summed E-state index contributed by atoms with van der Waals surface area (Å²) in [6, 6.07) is 26.1. The Bertz CT molecular complexity index is 1740. The number of fused-ring (bicyclic) bond motifs is 5. The fraction of sp³-hybridized carbons (Fsp3) is 0.0714. The summed E-state index contributed by atoms with van der Waals surface area (Å²) < 4.78 is 13.4. The number of anilines is 1. The van der Waals surface area contributed by atoms with Gasteiger partial charge in [-0.25, -0.2) is 0 Å². The lowest BCUT2D eigenvalue weighted by Gasteiger charge is -2.16. The van der Waals surface area contributed by atoms with Gasteiger partial charge in [-0.05, 0) is 36.4 Å². The Morgan fingerprint density at radius 2 is 1.44 bits per heavy atom. The Balaban J connectivity index is 1.43. The van der Waals surface area contributed by atoms with Crippen LogP contribution in [0.15, 0.2) is 94.1 Å². The first kappa shape index (κ1) is 20.1. The number of pyridine rings is 1. The second-order valence-electron chi connectivity index (χ2n) is 8.14. The molecule has 0 aliphatic rings. The van der Waals surface area contributed by atoms with Gasteiger partial charge in [-0.15, -0.1) is 0 Å². The molecule has 0 spiro atoms. The number of rotatable bonds is 4. The Hall–Kier alpha value is -4.58. The topological polar surface area (TPSA) is 73.5 Å². The van der Waals surface area contributed by atoms with Gasteiger partial charge in [0.2, 0.25) is 5.91 Å². The zero-order chi connectivity index (χ0) is 23.2. The molecule has 34 heavy (non-hydrogen) atoms. The monoisotopic (exact) mass is 448 g/mol. The number of carbonyl (C=O) groups excluding carboxylic acids is 1. The van der Waals surface area contributed by atoms with Crippen molar-refractivity contribution in [2.24, 2.45) is 0 Å². The van der Waals surface area contributed by atoms with Crippen LogP contribution in [0.3, 0.4) is 0 Å². The lowest BCUT2D eigenvalue weighted by atomic mass is 10.1. The quantitative estimate of drug-likeness (QED) is 0.351. The van der Waals surface area contributed by atoms with Gasteiger partial charge < -0.3 is 19.0 Å². The third kappa shape index (κ3) is 3.11. The van der Waals surface area contributed by atoms with Gasteiger partial charge in [0.05, 0.1) is 23.8 Å². The molecule has 0 fully saturated rings. The minimum atomic E-state index is -0.243. The molecule has 6 nitrogen and oxygen atoms in total. The van der Waals surface area contributed by atoms with Crippen LogP contribution in [0.4, 0.5) is 5.69 Å². The average Bonchev–Trinajstić information content (AvgIpc) is 3.23. The van der Waals surface area contributed by atoms with Crippen LogP contribution in [0.25, 0.3) is 43.7 Å². The van der Waals surface area contributed by atoms with Gasteiger partial charge in [-0.3, -0.25) is 9.59 Å². The summed E-state index contributed by atoms with van der Waals surface area (Å²) >= 11 is 0. The maximum absolute atomic E-state index is 13.2. The third-order valence-corrected chi connectivity index (χ3v) is 6.15. The Kier molecular flexibility index (Phi) is 4.59. The standard InChI is InChI=1S/C28H20N2O4/c1-33-26-14-20-17-8-4-7-13-24(17)34-25(20)15-21(26)29-27(31)16-30-22-11-5-2-9-18(22)28(32)19-10-3-6-12-23(19)30/h2-15H,16H2,1H3,(H,29,31). The van der Waals surface area contributed by atoms with Crippen molar-refractivity contribution in [2.75, 3.05) is 12.4 Å². The summed E-state index contributed by atoms with van der Waals surface area (Å²) in [4.78, 5) is 26.2. The van der Waals surface area contributed by atoms with E-state index >= 15 is 0 Å². The molecule has 6 rings (SSSR count). The number of benzene rings is 4. The van der Waals surface area contributed by atoms with Gasteiger partial charge in [-0.1, -0.05) is 42.5 Å². The molecule has 2 aromatic heterocycles. The first-order valence-corrected chi connectivity index (χ1v) is 10.9. The largest absolute Gasteiger partial charge is 0.495 e. The molecule has 1 amide bonds. The second kappa shape index (κ2) is 7.78. The Morgan fingerprint density at radius 3 is 2.12 bits per heavy atom. The lowest BCUT2D eigenvalue weighted by Crippen LogP contribution is -2.21. The maximum atomic E-state index is 13.2. The van der Waals surface area contributed by atoms with Gasteiger partial charge in [0.25, 0.3) is 0 Å². The average molecular weight is 448 g/mol. The number of methoxy groups -OCH3 is 1. The zero-order valence-corrected chi connectivity index (χ0v) is 18.4. The lowest BCUT2D eigenvalue weighted by molar-refractivity contribution is -0.116. The number of hydrogen-bond acceptors (Lipinski definition) is 4. The second-order valence-corrected chi connectivity index (χ2v) is 8.14. The number of carbonyl (C=O) groups is 1. The molecule has 0 aliphatic heterocycles. The number of ether oxygens (including phenoxy) is 1. The summed E-state index contributed by atoms with van der Waals surface area (Å²) in [5.41, 5.74) is 3.33. The summed E-state index contributed by atoms with van der Waals surface area (Å²) in [6.45, 7) is 0.0304. The number of para-hydroxylation sites is 3. The molecule has 6 heteroatoms. The molecule has 0 saturated heterocycles. The molecule has 1 N–H and O–H groups in total. The molecule has 6 aromatic rings. The van der Waals surface area contributed by atoms with E-state index < -0.39 is 0 Å². The molecular weight excluding hydrogens is 428 g/mol. The highest BCUT2D eigenvalue weighted by atomic mass is 16.5. The number of nitrogens with one attached hydrogen (secondary N) is 1. The number of amides is 1. The molecule has 0 atom stereocenters. The van der Waals surface area contributed by atoms with E-state index in [2.05, 4.69) is 5.32 Å². The van der Waals surface area contributed by atoms with Crippen LogP contribution in [0.5, 0.6) is 5.75 Å². The summed E-state index contributed by atoms with van der Waals surface area (Å²) in [5, 5.41) is 6.03. The van der Waals surface area contributed by atoms with Gasteiger partial charge in [0.1, 0.15) is 23.5 Å². The van der Waals surface area contributed by atoms with Gasteiger partial charge in [0.15, 0.2) is 5.43 Å². The SMILES string of the molecule is COc1cc2c(cc1NC(=O)Cn1c3ccccc3c(=O)c3ccccc31)oc1ccccc12. The van der Waals surface area contributed by atoms with Crippen LogP contribution in [0, 0.1) is 0 Å². The third-order valence-electron chi connectivity index (χ3n) is 6.15. The fourth-order valence-corrected chi connectivity index (χ4v) is 4.60. The van der Waals surface area contributed by atoms with Crippen LogP contribution < -0.4 is 15.5 Å². The van der Waals surface area contributed by atoms with Crippen LogP contribution in [-0.4, -0.2) is 17.6 Å². The molecule has 0 radical (unpaired) electrons. The molecular formula is C28H20N2O4. The van der Waals surface area contributed by atoms with Crippen LogP contribution in [0.1, 0.15) is 0 Å². The zero-order valence-electron chi connectivity index (χ0n) is 18.4. The van der Waals surface area contributed by atoms with Crippen molar-refractivity contribution in [2.45, 2.75) is 6.54 Å².